The second-order valence-corrected chi connectivity index (χ2v) is 10.6. The predicted octanol–water partition coefficient (Wildman–Crippen LogP) is 9.06. The van der Waals surface area contributed by atoms with Gasteiger partial charge in [0.25, 0.3) is 0 Å². The zero-order valence-corrected chi connectivity index (χ0v) is 22.2. The first-order valence-corrected chi connectivity index (χ1v) is 13.6. The smallest absolute Gasteiger partial charge is 0.159 e. The van der Waals surface area contributed by atoms with Gasteiger partial charge < -0.3 is 4.90 Å². The topological polar surface area (TPSA) is 54.8 Å². The van der Waals surface area contributed by atoms with Crippen molar-refractivity contribution in [2.75, 3.05) is 4.90 Å². The molecule has 0 aliphatic rings. The summed E-state index contributed by atoms with van der Waals surface area (Å²) >= 11 is 0. The number of pyridine rings is 4. The summed E-state index contributed by atoms with van der Waals surface area (Å²) in [5, 5.41) is 9.59. The fourth-order valence-corrected chi connectivity index (χ4v) is 6.09. The third-order valence-corrected chi connectivity index (χ3v) is 7.93. The molecule has 4 aromatic heterocycles. The Bertz CT molecular complexity index is 2140. The van der Waals surface area contributed by atoms with Gasteiger partial charge in [-0.3, -0.25) is 0 Å². The summed E-state index contributed by atoms with van der Waals surface area (Å²) < 4.78 is 0. The number of aromatic nitrogens is 4. The molecule has 190 valence electrons. The van der Waals surface area contributed by atoms with E-state index in [0.29, 0.717) is 5.92 Å². The molecule has 0 unspecified atom stereocenters. The molecule has 4 heterocycles. The summed E-state index contributed by atoms with van der Waals surface area (Å²) in [5.74, 6) is 0.440. The van der Waals surface area contributed by atoms with Crippen molar-refractivity contribution in [1.29, 1.82) is 0 Å². The van der Waals surface area contributed by atoms with Gasteiger partial charge in [0.15, 0.2) is 11.3 Å². The Hall–Kier alpha value is -5.16. The molecular weight excluding hydrogens is 490 g/mol. The molecule has 0 aliphatic heterocycles. The van der Waals surface area contributed by atoms with Crippen LogP contribution in [-0.2, 0) is 0 Å². The van der Waals surface area contributed by atoms with Crippen LogP contribution in [0.25, 0.3) is 54.4 Å². The summed E-state index contributed by atoms with van der Waals surface area (Å²) in [4.78, 5) is 20.6. The molecule has 0 amide bonds. The van der Waals surface area contributed by atoms with E-state index >= 15 is 0 Å². The van der Waals surface area contributed by atoms with E-state index in [4.69, 9.17) is 9.97 Å². The normalized spacial score (nSPS) is 12.0. The molecule has 5 nitrogen and oxygen atoms in total. The van der Waals surface area contributed by atoms with Crippen molar-refractivity contribution in [3.63, 3.8) is 0 Å². The fourth-order valence-electron chi connectivity index (χ4n) is 6.09. The molecule has 0 radical (unpaired) electrons. The van der Waals surface area contributed by atoms with Gasteiger partial charge in [0.2, 0.25) is 0 Å². The van der Waals surface area contributed by atoms with Gasteiger partial charge in [0, 0.05) is 28.6 Å². The van der Waals surface area contributed by atoms with Crippen LogP contribution in [0.15, 0.2) is 110 Å². The maximum Gasteiger partial charge on any atom is 0.159 e. The fraction of sp³-hybridized carbons (Fsp3) is 0.0857. The van der Waals surface area contributed by atoms with E-state index in [9.17, 15) is 0 Å². The van der Waals surface area contributed by atoms with Crippen LogP contribution in [0.5, 0.6) is 0 Å². The van der Waals surface area contributed by atoms with Crippen LogP contribution in [0, 0.1) is 0 Å². The Kier molecular flexibility index (Phi) is 4.95. The van der Waals surface area contributed by atoms with E-state index in [0.717, 1.165) is 39.1 Å². The average molecular weight is 516 g/mol. The van der Waals surface area contributed by atoms with Gasteiger partial charge in [-0.05, 0) is 80.9 Å². The zero-order chi connectivity index (χ0) is 26.8. The van der Waals surface area contributed by atoms with Gasteiger partial charge in [-0.15, -0.1) is 0 Å². The SMILES string of the molecule is CC(C)c1ccc2ccc3c(N(c4cnc5ncccc5c4)c4cnc5ncccc5c4)ccc4ccc1c2c43. The number of nitrogens with zero attached hydrogens (tertiary/aromatic N) is 5. The summed E-state index contributed by atoms with van der Waals surface area (Å²) in [6.07, 6.45) is 7.36. The Morgan fingerprint density at radius 3 is 1.73 bits per heavy atom. The van der Waals surface area contributed by atoms with Crippen molar-refractivity contribution in [1.82, 2.24) is 19.9 Å². The third-order valence-electron chi connectivity index (χ3n) is 7.93. The lowest BCUT2D eigenvalue weighted by Gasteiger charge is -2.27. The lowest BCUT2D eigenvalue weighted by molar-refractivity contribution is 0.877. The molecule has 0 saturated heterocycles. The predicted molar refractivity (Wildman–Crippen MR) is 165 cm³/mol. The highest BCUT2D eigenvalue weighted by molar-refractivity contribution is 6.26. The number of rotatable bonds is 4. The third kappa shape index (κ3) is 3.41. The minimum Gasteiger partial charge on any atom is -0.307 e. The van der Waals surface area contributed by atoms with Crippen LogP contribution in [0.1, 0.15) is 25.3 Å². The molecular formula is C35H25N5. The van der Waals surface area contributed by atoms with Gasteiger partial charge in [-0.25, -0.2) is 19.9 Å². The molecule has 4 aromatic carbocycles. The molecule has 0 bridgehead atoms. The first-order valence-electron chi connectivity index (χ1n) is 13.6. The molecule has 0 fully saturated rings. The zero-order valence-electron chi connectivity index (χ0n) is 22.2. The van der Waals surface area contributed by atoms with Crippen molar-refractivity contribution >= 4 is 71.4 Å². The first kappa shape index (κ1) is 22.8. The Morgan fingerprint density at radius 2 is 1.10 bits per heavy atom. The van der Waals surface area contributed by atoms with E-state index < -0.39 is 0 Å². The molecule has 5 heteroatoms. The Labute approximate surface area is 231 Å². The summed E-state index contributed by atoms with van der Waals surface area (Å²) in [6, 6.07) is 30.4. The number of anilines is 3. The lowest BCUT2D eigenvalue weighted by Crippen LogP contribution is -2.11. The van der Waals surface area contributed by atoms with E-state index in [-0.39, 0.29) is 0 Å². The molecule has 0 aliphatic carbocycles. The molecule has 8 rings (SSSR count). The molecule has 0 spiro atoms. The molecule has 40 heavy (non-hydrogen) atoms. The minimum atomic E-state index is 0.440. The van der Waals surface area contributed by atoms with E-state index in [1.54, 1.807) is 12.4 Å². The van der Waals surface area contributed by atoms with Gasteiger partial charge in [-0.1, -0.05) is 56.3 Å². The maximum absolute atomic E-state index is 4.72. The maximum atomic E-state index is 4.72. The second kappa shape index (κ2) is 8.68. The highest BCUT2D eigenvalue weighted by atomic mass is 15.2. The van der Waals surface area contributed by atoms with Crippen LogP contribution in [0.3, 0.4) is 0 Å². The minimum absolute atomic E-state index is 0.440. The number of hydrogen-bond donors (Lipinski definition) is 0. The van der Waals surface area contributed by atoms with E-state index in [1.807, 2.05) is 24.5 Å². The van der Waals surface area contributed by atoms with Gasteiger partial charge in [0.05, 0.1) is 29.5 Å². The molecule has 0 N–H and O–H groups in total. The van der Waals surface area contributed by atoms with Crippen LogP contribution in [-0.4, -0.2) is 19.9 Å². The van der Waals surface area contributed by atoms with Crippen LogP contribution < -0.4 is 4.90 Å². The lowest BCUT2D eigenvalue weighted by atomic mass is 9.88. The quantitative estimate of drug-likeness (QED) is 0.219. The van der Waals surface area contributed by atoms with Crippen LogP contribution in [0.2, 0.25) is 0 Å². The van der Waals surface area contributed by atoms with Crippen LogP contribution >= 0.6 is 0 Å². The number of hydrogen-bond acceptors (Lipinski definition) is 5. The Morgan fingerprint density at radius 1 is 0.550 bits per heavy atom. The van der Waals surface area contributed by atoms with Gasteiger partial charge >= 0.3 is 0 Å². The highest BCUT2D eigenvalue weighted by Crippen LogP contribution is 2.45. The van der Waals surface area contributed by atoms with Gasteiger partial charge in [0.1, 0.15) is 0 Å². The van der Waals surface area contributed by atoms with E-state index in [1.165, 1.54) is 37.9 Å². The molecule has 0 saturated carbocycles. The van der Waals surface area contributed by atoms with Crippen molar-refractivity contribution in [3.8, 4) is 0 Å². The highest BCUT2D eigenvalue weighted by Gasteiger charge is 2.20. The molecule has 8 aromatic rings. The number of fused-ring (bicyclic) bond motifs is 2. The average Bonchev–Trinajstić information content (AvgIpc) is 3.00. The second-order valence-electron chi connectivity index (χ2n) is 10.6. The van der Waals surface area contributed by atoms with Crippen molar-refractivity contribution in [2.45, 2.75) is 19.8 Å². The number of benzene rings is 4. The largest absolute Gasteiger partial charge is 0.307 e. The first-order chi connectivity index (χ1) is 19.7. The van der Waals surface area contributed by atoms with Gasteiger partial charge in [-0.2, -0.15) is 0 Å². The van der Waals surface area contributed by atoms with Crippen molar-refractivity contribution < 1.29 is 0 Å². The summed E-state index contributed by atoms with van der Waals surface area (Å²) in [6.45, 7) is 4.53. The summed E-state index contributed by atoms with van der Waals surface area (Å²) in [7, 11) is 0. The van der Waals surface area contributed by atoms with E-state index in [2.05, 4.69) is 102 Å². The molecule has 0 atom stereocenters. The monoisotopic (exact) mass is 515 g/mol. The van der Waals surface area contributed by atoms with Crippen molar-refractivity contribution in [2.24, 2.45) is 0 Å². The van der Waals surface area contributed by atoms with Crippen molar-refractivity contribution in [3.05, 3.63) is 115 Å². The standard InChI is InChI=1S/C35H25N5/c1-21(2)28-11-7-22-9-13-30-31(14-10-23-8-12-29(28)32(22)33(23)30)40(26-17-24-5-3-15-36-34(24)38-19-26)27-18-25-6-4-16-37-35(25)39-20-27/h3-21H,1-2H3. The van der Waals surface area contributed by atoms with Crippen LogP contribution in [0.4, 0.5) is 17.1 Å². The summed E-state index contributed by atoms with van der Waals surface area (Å²) in [5.41, 5.74) is 5.80. The Balaban J connectivity index is 1.46.